The molecule has 0 aliphatic heterocycles. The van der Waals surface area contributed by atoms with Crippen LogP contribution in [0.25, 0.3) is 0 Å². The molecule has 0 spiro atoms. The molecule has 0 amide bonds. The van der Waals surface area contributed by atoms with Gasteiger partial charge in [-0.3, -0.25) is 0 Å². The quantitative estimate of drug-likeness (QED) is 0.735. The first-order valence-electron chi connectivity index (χ1n) is 5.93. The van der Waals surface area contributed by atoms with Gasteiger partial charge in [0.05, 0.1) is 3.79 Å². The third-order valence-corrected chi connectivity index (χ3v) is 4.31. The largest absolute Gasteiger partial charge is 0.488 e. The fraction of sp³-hybridized carbons (Fsp3) is 0.333. The topological polar surface area (TPSA) is 9.23 Å². The van der Waals surface area contributed by atoms with E-state index in [1.54, 1.807) is 11.3 Å². The van der Waals surface area contributed by atoms with Gasteiger partial charge in [-0.2, -0.15) is 0 Å². The summed E-state index contributed by atoms with van der Waals surface area (Å²) < 4.78 is 6.97. The fourth-order valence-corrected chi connectivity index (χ4v) is 3.03. The van der Waals surface area contributed by atoms with Gasteiger partial charge in [-0.1, -0.05) is 32.9 Å². The molecule has 3 heteroatoms. The van der Waals surface area contributed by atoms with E-state index >= 15 is 0 Å². The van der Waals surface area contributed by atoms with Gasteiger partial charge >= 0.3 is 0 Å². The molecule has 96 valence electrons. The van der Waals surface area contributed by atoms with Crippen molar-refractivity contribution in [1.82, 2.24) is 0 Å². The second-order valence-electron chi connectivity index (χ2n) is 5.27. The van der Waals surface area contributed by atoms with Crippen molar-refractivity contribution in [2.45, 2.75) is 32.8 Å². The van der Waals surface area contributed by atoms with Crippen molar-refractivity contribution in [2.24, 2.45) is 0 Å². The molecule has 2 rings (SSSR count). The van der Waals surface area contributed by atoms with E-state index in [1.165, 1.54) is 10.4 Å². The molecule has 1 aromatic heterocycles. The van der Waals surface area contributed by atoms with E-state index in [1.807, 2.05) is 6.07 Å². The van der Waals surface area contributed by atoms with Gasteiger partial charge in [0.15, 0.2) is 0 Å². The average Bonchev–Trinajstić information content (AvgIpc) is 2.72. The Balaban J connectivity index is 2.06. The van der Waals surface area contributed by atoms with E-state index in [-0.39, 0.29) is 5.41 Å². The molecule has 1 aromatic carbocycles. The van der Waals surface area contributed by atoms with Crippen LogP contribution in [-0.4, -0.2) is 0 Å². The molecule has 0 saturated carbocycles. The highest BCUT2D eigenvalue weighted by Crippen LogP contribution is 2.27. The van der Waals surface area contributed by atoms with Crippen LogP contribution in [0.1, 0.15) is 31.2 Å². The van der Waals surface area contributed by atoms with Crippen molar-refractivity contribution in [3.05, 3.63) is 50.6 Å². The third kappa shape index (κ3) is 3.59. The average molecular weight is 325 g/mol. The van der Waals surface area contributed by atoms with Crippen molar-refractivity contribution in [1.29, 1.82) is 0 Å². The normalized spacial score (nSPS) is 11.6. The lowest BCUT2D eigenvalue weighted by atomic mass is 9.87. The molecule has 0 radical (unpaired) electrons. The van der Waals surface area contributed by atoms with Gasteiger partial charge in [-0.15, -0.1) is 11.3 Å². The van der Waals surface area contributed by atoms with Crippen LogP contribution in [0.5, 0.6) is 5.75 Å². The SMILES string of the molecule is CC(C)(C)c1cccc(OCc2ccc(Br)s2)c1. The van der Waals surface area contributed by atoms with Gasteiger partial charge in [0, 0.05) is 4.88 Å². The fourth-order valence-electron chi connectivity index (χ4n) is 1.64. The molecule has 1 heterocycles. The van der Waals surface area contributed by atoms with Crippen molar-refractivity contribution in [2.75, 3.05) is 0 Å². The zero-order chi connectivity index (χ0) is 13.2. The Morgan fingerprint density at radius 3 is 2.56 bits per heavy atom. The number of benzene rings is 1. The number of thiophene rings is 1. The highest BCUT2D eigenvalue weighted by Gasteiger charge is 2.13. The van der Waals surface area contributed by atoms with E-state index < -0.39 is 0 Å². The molecule has 1 nitrogen and oxygen atoms in total. The number of hydrogen-bond acceptors (Lipinski definition) is 2. The van der Waals surface area contributed by atoms with Gasteiger partial charge < -0.3 is 4.74 Å². The molecule has 0 aliphatic carbocycles. The van der Waals surface area contributed by atoms with Crippen LogP contribution in [-0.2, 0) is 12.0 Å². The van der Waals surface area contributed by atoms with Crippen LogP contribution in [0.3, 0.4) is 0 Å². The standard InChI is InChI=1S/C15H17BrOS/c1-15(2,3)11-5-4-6-12(9-11)17-10-13-7-8-14(16)18-13/h4-9H,10H2,1-3H3. The molecule has 0 fully saturated rings. The van der Waals surface area contributed by atoms with Gasteiger partial charge in [-0.05, 0) is 51.2 Å². The highest BCUT2D eigenvalue weighted by molar-refractivity contribution is 9.11. The Labute approximate surface area is 121 Å². The Hall–Kier alpha value is -0.800. The Bertz CT molecular complexity index is 525. The molecule has 0 atom stereocenters. The van der Waals surface area contributed by atoms with Gasteiger partial charge in [-0.25, -0.2) is 0 Å². The first kappa shape index (κ1) is 13.6. The summed E-state index contributed by atoms with van der Waals surface area (Å²) in [6.07, 6.45) is 0. The van der Waals surface area contributed by atoms with Gasteiger partial charge in [0.1, 0.15) is 12.4 Å². The van der Waals surface area contributed by atoms with Crippen LogP contribution < -0.4 is 4.74 Å². The summed E-state index contributed by atoms with van der Waals surface area (Å²) in [7, 11) is 0. The number of halogens is 1. The lowest BCUT2D eigenvalue weighted by Gasteiger charge is -2.19. The molecule has 0 aliphatic rings. The molecule has 0 unspecified atom stereocenters. The van der Waals surface area contributed by atoms with Crippen LogP contribution >= 0.6 is 27.3 Å². The van der Waals surface area contributed by atoms with E-state index in [0.717, 1.165) is 9.54 Å². The van der Waals surface area contributed by atoms with Crippen molar-refractivity contribution in [3.8, 4) is 5.75 Å². The second-order valence-corrected chi connectivity index (χ2v) is 7.82. The first-order valence-corrected chi connectivity index (χ1v) is 7.54. The minimum absolute atomic E-state index is 0.158. The van der Waals surface area contributed by atoms with Crippen molar-refractivity contribution < 1.29 is 4.74 Å². The molecular weight excluding hydrogens is 308 g/mol. The summed E-state index contributed by atoms with van der Waals surface area (Å²) in [4.78, 5) is 1.23. The Morgan fingerprint density at radius 1 is 1.17 bits per heavy atom. The van der Waals surface area contributed by atoms with Crippen LogP contribution in [0.2, 0.25) is 0 Å². The van der Waals surface area contributed by atoms with E-state index in [4.69, 9.17) is 4.74 Å². The second kappa shape index (κ2) is 5.45. The monoisotopic (exact) mass is 324 g/mol. The van der Waals surface area contributed by atoms with E-state index in [0.29, 0.717) is 6.61 Å². The summed E-state index contributed by atoms with van der Waals surface area (Å²) in [6, 6.07) is 12.5. The zero-order valence-electron chi connectivity index (χ0n) is 10.9. The summed E-state index contributed by atoms with van der Waals surface area (Å²) >= 11 is 5.17. The van der Waals surface area contributed by atoms with Crippen LogP contribution in [0.4, 0.5) is 0 Å². The lowest BCUT2D eigenvalue weighted by molar-refractivity contribution is 0.309. The number of rotatable bonds is 3. The number of ether oxygens (including phenoxy) is 1. The first-order chi connectivity index (χ1) is 8.45. The minimum Gasteiger partial charge on any atom is -0.488 e. The van der Waals surface area contributed by atoms with Gasteiger partial charge in [0.25, 0.3) is 0 Å². The van der Waals surface area contributed by atoms with Gasteiger partial charge in [0.2, 0.25) is 0 Å². The molecule has 2 aromatic rings. The third-order valence-electron chi connectivity index (χ3n) is 2.71. The summed E-state index contributed by atoms with van der Waals surface area (Å²) in [5, 5.41) is 0. The van der Waals surface area contributed by atoms with Crippen molar-refractivity contribution in [3.63, 3.8) is 0 Å². The maximum absolute atomic E-state index is 5.83. The highest BCUT2D eigenvalue weighted by atomic mass is 79.9. The van der Waals surface area contributed by atoms with Crippen molar-refractivity contribution >= 4 is 27.3 Å². The molecule has 0 saturated heterocycles. The summed E-state index contributed by atoms with van der Waals surface area (Å²) in [5.41, 5.74) is 1.46. The van der Waals surface area contributed by atoms with E-state index in [2.05, 4.69) is 67.0 Å². The smallest absolute Gasteiger partial charge is 0.122 e. The predicted molar refractivity (Wildman–Crippen MR) is 81.5 cm³/mol. The van der Waals surface area contributed by atoms with E-state index in [9.17, 15) is 0 Å². The lowest BCUT2D eigenvalue weighted by Crippen LogP contribution is -2.10. The molecule has 0 bridgehead atoms. The van der Waals surface area contributed by atoms with Crippen LogP contribution in [0.15, 0.2) is 40.2 Å². The molecule has 18 heavy (non-hydrogen) atoms. The maximum Gasteiger partial charge on any atom is 0.122 e. The zero-order valence-corrected chi connectivity index (χ0v) is 13.3. The predicted octanol–water partition coefficient (Wildman–Crippen LogP) is 5.39. The maximum atomic E-state index is 5.83. The Kier molecular flexibility index (Phi) is 4.13. The Morgan fingerprint density at radius 2 is 1.94 bits per heavy atom. The number of hydrogen-bond donors (Lipinski definition) is 0. The minimum atomic E-state index is 0.158. The molecular formula is C15H17BrOS. The summed E-state index contributed by atoms with van der Waals surface area (Å²) in [6.45, 7) is 7.26. The van der Waals surface area contributed by atoms with Crippen LogP contribution in [0, 0.1) is 0 Å². The molecule has 0 N–H and O–H groups in total. The summed E-state index contributed by atoms with van der Waals surface area (Å²) in [5.74, 6) is 0.937.